The SMILES string of the molecule is Cc1ccc(COc2ccc(C=NNC(=O)c3cccnc3Cl)cc2)cc1. The topological polar surface area (TPSA) is 63.6 Å². The average molecular weight is 380 g/mol. The highest BCUT2D eigenvalue weighted by Gasteiger charge is 2.09. The molecule has 0 saturated carbocycles. The molecule has 0 aliphatic heterocycles. The number of rotatable bonds is 6. The lowest BCUT2D eigenvalue weighted by atomic mass is 10.2. The van der Waals surface area contributed by atoms with Crippen molar-refractivity contribution >= 4 is 23.7 Å². The van der Waals surface area contributed by atoms with E-state index in [1.165, 1.54) is 11.8 Å². The fraction of sp³-hybridized carbons (Fsp3) is 0.0952. The van der Waals surface area contributed by atoms with Gasteiger partial charge in [-0.25, -0.2) is 10.4 Å². The van der Waals surface area contributed by atoms with Crippen molar-refractivity contribution in [3.8, 4) is 5.75 Å². The molecule has 0 atom stereocenters. The summed E-state index contributed by atoms with van der Waals surface area (Å²) in [6, 6.07) is 18.9. The summed E-state index contributed by atoms with van der Waals surface area (Å²) in [5, 5.41) is 4.08. The first kappa shape index (κ1) is 18.6. The Morgan fingerprint density at radius 2 is 1.89 bits per heavy atom. The lowest BCUT2D eigenvalue weighted by Gasteiger charge is -2.07. The van der Waals surface area contributed by atoms with E-state index in [1.807, 2.05) is 36.4 Å². The first-order chi connectivity index (χ1) is 13.1. The standard InChI is InChI=1S/C21H18ClN3O2/c1-15-4-6-17(7-5-15)14-27-18-10-8-16(9-11-18)13-24-25-21(26)19-3-2-12-23-20(19)22/h2-13H,14H2,1H3,(H,25,26). The number of aryl methyl sites for hydroxylation is 1. The Kier molecular flexibility index (Phi) is 6.18. The Morgan fingerprint density at radius 1 is 1.15 bits per heavy atom. The molecule has 1 heterocycles. The van der Waals surface area contributed by atoms with Gasteiger partial charge >= 0.3 is 0 Å². The molecule has 0 aliphatic carbocycles. The van der Waals surface area contributed by atoms with Crippen LogP contribution in [0, 0.1) is 6.92 Å². The molecule has 1 aromatic heterocycles. The second kappa shape index (κ2) is 8.96. The van der Waals surface area contributed by atoms with Gasteiger partial charge in [-0.05, 0) is 54.4 Å². The third-order valence-electron chi connectivity index (χ3n) is 3.79. The second-order valence-corrected chi connectivity index (χ2v) is 6.24. The summed E-state index contributed by atoms with van der Waals surface area (Å²) < 4.78 is 5.76. The third kappa shape index (κ3) is 5.39. The Hall–Kier alpha value is -3.18. The minimum Gasteiger partial charge on any atom is -0.489 e. The number of carbonyl (C=O) groups is 1. The number of ether oxygens (including phenoxy) is 1. The van der Waals surface area contributed by atoms with Crippen molar-refractivity contribution in [3.63, 3.8) is 0 Å². The number of aromatic nitrogens is 1. The van der Waals surface area contributed by atoms with Crippen molar-refractivity contribution in [3.05, 3.63) is 94.3 Å². The minimum absolute atomic E-state index is 0.139. The van der Waals surface area contributed by atoms with Crippen LogP contribution < -0.4 is 10.2 Å². The van der Waals surface area contributed by atoms with E-state index in [4.69, 9.17) is 16.3 Å². The molecular weight excluding hydrogens is 362 g/mol. The molecule has 3 aromatic rings. The second-order valence-electron chi connectivity index (χ2n) is 5.88. The normalized spacial score (nSPS) is 10.7. The lowest BCUT2D eigenvalue weighted by molar-refractivity contribution is 0.0955. The molecule has 0 fully saturated rings. The molecule has 136 valence electrons. The number of pyridine rings is 1. The van der Waals surface area contributed by atoms with Crippen molar-refractivity contribution in [2.24, 2.45) is 5.10 Å². The number of carbonyl (C=O) groups excluding carboxylic acids is 1. The fourth-order valence-corrected chi connectivity index (χ4v) is 2.49. The molecule has 0 radical (unpaired) electrons. The summed E-state index contributed by atoms with van der Waals surface area (Å²) >= 11 is 5.88. The van der Waals surface area contributed by atoms with Gasteiger partial charge in [0.1, 0.15) is 17.5 Å². The summed E-state index contributed by atoms with van der Waals surface area (Å²) in [4.78, 5) is 15.8. The van der Waals surface area contributed by atoms with Crippen molar-refractivity contribution in [2.45, 2.75) is 13.5 Å². The van der Waals surface area contributed by atoms with Gasteiger partial charge < -0.3 is 4.74 Å². The minimum atomic E-state index is -0.414. The van der Waals surface area contributed by atoms with E-state index in [0.29, 0.717) is 6.61 Å². The number of amides is 1. The van der Waals surface area contributed by atoms with E-state index in [9.17, 15) is 4.79 Å². The predicted octanol–water partition coefficient (Wildman–Crippen LogP) is 4.39. The van der Waals surface area contributed by atoms with Crippen LogP contribution in [-0.4, -0.2) is 17.1 Å². The van der Waals surface area contributed by atoms with Gasteiger partial charge in [-0.15, -0.1) is 0 Å². The first-order valence-corrected chi connectivity index (χ1v) is 8.72. The van der Waals surface area contributed by atoms with Crippen LogP contribution in [0.2, 0.25) is 5.15 Å². The molecule has 0 bridgehead atoms. The molecular formula is C21H18ClN3O2. The molecule has 0 unspecified atom stereocenters. The van der Waals surface area contributed by atoms with Crippen LogP contribution in [-0.2, 0) is 6.61 Å². The fourth-order valence-electron chi connectivity index (χ4n) is 2.28. The number of nitrogens with one attached hydrogen (secondary N) is 1. The van der Waals surface area contributed by atoms with Crippen molar-refractivity contribution in [1.29, 1.82) is 0 Å². The van der Waals surface area contributed by atoms with E-state index in [1.54, 1.807) is 18.3 Å². The maximum atomic E-state index is 12.0. The zero-order valence-electron chi connectivity index (χ0n) is 14.7. The highest BCUT2D eigenvalue weighted by molar-refractivity contribution is 6.32. The van der Waals surface area contributed by atoms with Gasteiger partial charge in [0.15, 0.2) is 0 Å². The average Bonchev–Trinajstić information content (AvgIpc) is 2.69. The molecule has 0 spiro atoms. The number of hydrazone groups is 1. The Bertz CT molecular complexity index is 938. The van der Waals surface area contributed by atoms with E-state index >= 15 is 0 Å². The van der Waals surface area contributed by atoms with Crippen LogP contribution in [0.15, 0.2) is 72.0 Å². The van der Waals surface area contributed by atoms with Gasteiger partial charge in [0.2, 0.25) is 0 Å². The van der Waals surface area contributed by atoms with Gasteiger partial charge in [-0.3, -0.25) is 4.79 Å². The number of benzene rings is 2. The van der Waals surface area contributed by atoms with Crippen LogP contribution in [0.5, 0.6) is 5.75 Å². The highest BCUT2D eigenvalue weighted by atomic mass is 35.5. The maximum Gasteiger partial charge on any atom is 0.274 e. The van der Waals surface area contributed by atoms with E-state index in [2.05, 4.69) is 34.6 Å². The van der Waals surface area contributed by atoms with Crippen molar-refractivity contribution in [1.82, 2.24) is 10.4 Å². The number of halogens is 1. The Morgan fingerprint density at radius 3 is 2.59 bits per heavy atom. The first-order valence-electron chi connectivity index (χ1n) is 8.34. The summed E-state index contributed by atoms with van der Waals surface area (Å²) in [5.74, 6) is 0.348. The molecule has 0 saturated heterocycles. The van der Waals surface area contributed by atoms with Gasteiger partial charge in [0.25, 0.3) is 5.91 Å². The van der Waals surface area contributed by atoms with Gasteiger partial charge in [-0.2, -0.15) is 5.10 Å². The van der Waals surface area contributed by atoms with Crippen LogP contribution in [0.3, 0.4) is 0 Å². The largest absolute Gasteiger partial charge is 0.489 e. The molecule has 1 N–H and O–H groups in total. The molecule has 3 rings (SSSR count). The molecule has 27 heavy (non-hydrogen) atoms. The zero-order chi connectivity index (χ0) is 19.1. The van der Waals surface area contributed by atoms with Crippen molar-refractivity contribution in [2.75, 3.05) is 0 Å². The van der Waals surface area contributed by atoms with Crippen LogP contribution >= 0.6 is 11.6 Å². The Labute approximate surface area is 162 Å². The third-order valence-corrected chi connectivity index (χ3v) is 4.09. The summed E-state index contributed by atoms with van der Waals surface area (Å²) in [7, 11) is 0. The molecule has 5 nitrogen and oxygen atoms in total. The quantitative estimate of drug-likeness (QED) is 0.392. The summed E-state index contributed by atoms with van der Waals surface area (Å²) in [6.45, 7) is 2.56. The zero-order valence-corrected chi connectivity index (χ0v) is 15.5. The van der Waals surface area contributed by atoms with E-state index in [-0.39, 0.29) is 10.7 Å². The van der Waals surface area contributed by atoms with Gasteiger partial charge in [0.05, 0.1) is 11.8 Å². The van der Waals surface area contributed by atoms with Gasteiger partial charge in [-0.1, -0.05) is 41.4 Å². The van der Waals surface area contributed by atoms with E-state index < -0.39 is 5.91 Å². The van der Waals surface area contributed by atoms with Crippen molar-refractivity contribution < 1.29 is 9.53 Å². The van der Waals surface area contributed by atoms with Gasteiger partial charge in [0, 0.05) is 6.20 Å². The van der Waals surface area contributed by atoms with Crippen LogP contribution in [0.4, 0.5) is 0 Å². The molecule has 1 amide bonds. The smallest absolute Gasteiger partial charge is 0.274 e. The highest BCUT2D eigenvalue weighted by Crippen LogP contribution is 2.14. The molecule has 6 heteroatoms. The number of nitrogens with zero attached hydrogens (tertiary/aromatic N) is 2. The monoisotopic (exact) mass is 379 g/mol. The molecule has 0 aliphatic rings. The van der Waals surface area contributed by atoms with Crippen LogP contribution in [0.25, 0.3) is 0 Å². The summed E-state index contributed by atoms with van der Waals surface area (Å²) in [6.07, 6.45) is 3.07. The lowest BCUT2D eigenvalue weighted by Crippen LogP contribution is -2.18. The number of hydrogen-bond donors (Lipinski definition) is 1. The van der Waals surface area contributed by atoms with E-state index in [0.717, 1.165) is 16.9 Å². The molecule has 2 aromatic carbocycles. The summed E-state index contributed by atoms with van der Waals surface area (Å²) in [5.41, 5.74) is 5.87. The van der Waals surface area contributed by atoms with Crippen LogP contribution in [0.1, 0.15) is 27.0 Å². The predicted molar refractivity (Wildman–Crippen MR) is 106 cm³/mol. The maximum absolute atomic E-state index is 12.0. The Balaban J connectivity index is 1.52. The number of hydrogen-bond acceptors (Lipinski definition) is 4.